The number of aryl methyl sites for hydroxylation is 1. The van der Waals surface area contributed by atoms with Gasteiger partial charge in [-0.05, 0) is 32.0 Å². The monoisotopic (exact) mass is 362 g/mol. The number of anilines is 1. The summed E-state index contributed by atoms with van der Waals surface area (Å²) in [5, 5.41) is 11.6. The maximum absolute atomic E-state index is 12.5. The molecule has 1 atom stereocenters. The number of halogens is 1. The molecule has 1 N–H and O–H groups in total. The Balaban J connectivity index is 1.70. The zero-order valence-electron chi connectivity index (χ0n) is 14.2. The zero-order chi connectivity index (χ0) is 18.0. The topological polar surface area (TPSA) is 77.7 Å². The first-order chi connectivity index (χ1) is 12.0. The number of methoxy groups -OCH3 is 1. The van der Waals surface area contributed by atoms with Gasteiger partial charge in [0, 0.05) is 29.2 Å². The number of benzene rings is 1. The number of oxime groups is 1. The average Bonchev–Trinajstić information content (AvgIpc) is 3.21. The minimum Gasteiger partial charge on any atom is -0.495 e. The van der Waals surface area contributed by atoms with Crippen molar-refractivity contribution in [1.82, 2.24) is 9.78 Å². The highest BCUT2D eigenvalue weighted by molar-refractivity contribution is 6.31. The molecule has 0 fully saturated rings. The second kappa shape index (κ2) is 7.14. The van der Waals surface area contributed by atoms with Gasteiger partial charge < -0.3 is 14.9 Å². The third kappa shape index (κ3) is 3.46. The van der Waals surface area contributed by atoms with Crippen molar-refractivity contribution in [3.8, 4) is 5.75 Å². The summed E-state index contributed by atoms with van der Waals surface area (Å²) in [6, 6.07) is 5.01. The van der Waals surface area contributed by atoms with E-state index in [4.69, 9.17) is 21.2 Å². The number of nitrogens with one attached hydrogen (secondary N) is 1. The van der Waals surface area contributed by atoms with E-state index in [0.717, 1.165) is 23.5 Å². The molecule has 8 heteroatoms. The summed E-state index contributed by atoms with van der Waals surface area (Å²) in [7, 11) is 1.53. The zero-order valence-corrected chi connectivity index (χ0v) is 15.0. The maximum Gasteiger partial charge on any atom is 0.268 e. The molecule has 2 heterocycles. The lowest BCUT2D eigenvalue weighted by atomic mass is 10.1. The van der Waals surface area contributed by atoms with Gasteiger partial charge in [-0.15, -0.1) is 0 Å². The summed E-state index contributed by atoms with van der Waals surface area (Å²) in [6.07, 6.45) is 1.43. The molecule has 0 radical (unpaired) electrons. The third-order valence-corrected chi connectivity index (χ3v) is 4.33. The van der Waals surface area contributed by atoms with Crippen LogP contribution in [0.2, 0.25) is 5.02 Å². The van der Waals surface area contributed by atoms with Crippen LogP contribution >= 0.6 is 11.6 Å². The Morgan fingerprint density at radius 2 is 2.32 bits per heavy atom. The van der Waals surface area contributed by atoms with Crippen molar-refractivity contribution in [2.45, 2.75) is 32.9 Å². The van der Waals surface area contributed by atoms with Gasteiger partial charge in [0.05, 0.1) is 24.7 Å². The van der Waals surface area contributed by atoms with E-state index in [9.17, 15) is 4.79 Å². The number of amides is 1. The van der Waals surface area contributed by atoms with Crippen LogP contribution in [0.1, 0.15) is 24.6 Å². The van der Waals surface area contributed by atoms with Gasteiger partial charge in [-0.1, -0.05) is 16.8 Å². The molecule has 0 saturated heterocycles. The molecule has 1 aliphatic rings. The lowest BCUT2D eigenvalue weighted by Gasteiger charge is -2.12. The van der Waals surface area contributed by atoms with Crippen LogP contribution in [0.25, 0.3) is 0 Å². The number of aromatic nitrogens is 2. The number of rotatable bonds is 5. The first-order valence-electron chi connectivity index (χ1n) is 7.93. The lowest BCUT2D eigenvalue weighted by Crippen LogP contribution is -2.28. The van der Waals surface area contributed by atoms with Crippen LogP contribution in [-0.2, 0) is 16.2 Å². The highest BCUT2D eigenvalue weighted by Crippen LogP contribution is 2.28. The normalized spacial score (nSPS) is 16.3. The van der Waals surface area contributed by atoms with E-state index in [0.29, 0.717) is 22.9 Å². The first kappa shape index (κ1) is 17.3. The fourth-order valence-electron chi connectivity index (χ4n) is 2.72. The average molecular weight is 363 g/mol. The standard InChI is InChI=1S/C17H19ClN4O3/c1-4-22-10(2)12(9-19-22)13-8-16(25-21-13)17(23)20-14-7-11(18)5-6-15(14)24-3/h5-7,9,16H,4,8H2,1-3H3,(H,20,23)/t16-/m0/s1. The number of hydrogen-bond acceptors (Lipinski definition) is 5. The van der Waals surface area contributed by atoms with E-state index in [-0.39, 0.29) is 5.91 Å². The summed E-state index contributed by atoms with van der Waals surface area (Å²) < 4.78 is 7.11. The summed E-state index contributed by atoms with van der Waals surface area (Å²) in [4.78, 5) is 17.8. The van der Waals surface area contributed by atoms with E-state index in [1.165, 1.54) is 7.11 Å². The molecule has 3 rings (SSSR count). The Hall–Kier alpha value is -2.54. The highest BCUT2D eigenvalue weighted by Gasteiger charge is 2.31. The van der Waals surface area contributed by atoms with E-state index in [2.05, 4.69) is 15.6 Å². The van der Waals surface area contributed by atoms with Crippen molar-refractivity contribution >= 4 is 28.9 Å². The number of nitrogens with zero attached hydrogens (tertiary/aromatic N) is 3. The fourth-order valence-corrected chi connectivity index (χ4v) is 2.89. The third-order valence-electron chi connectivity index (χ3n) is 4.09. The summed E-state index contributed by atoms with van der Waals surface area (Å²) in [5.41, 5.74) is 3.11. The van der Waals surface area contributed by atoms with E-state index >= 15 is 0 Å². The second-order valence-electron chi connectivity index (χ2n) is 5.63. The Bertz CT molecular complexity index is 831. The Morgan fingerprint density at radius 3 is 3.00 bits per heavy atom. The van der Waals surface area contributed by atoms with Gasteiger partial charge in [0.2, 0.25) is 6.10 Å². The molecule has 0 bridgehead atoms. The van der Waals surface area contributed by atoms with Gasteiger partial charge in [0.25, 0.3) is 5.91 Å². The smallest absolute Gasteiger partial charge is 0.268 e. The van der Waals surface area contributed by atoms with Crippen LogP contribution in [0.15, 0.2) is 29.6 Å². The van der Waals surface area contributed by atoms with Crippen molar-refractivity contribution in [2.75, 3.05) is 12.4 Å². The Labute approximate surface area is 150 Å². The number of carbonyl (C=O) groups excluding carboxylic acids is 1. The summed E-state index contributed by atoms with van der Waals surface area (Å²) in [6.45, 7) is 4.77. The van der Waals surface area contributed by atoms with Crippen molar-refractivity contribution in [3.05, 3.63) is 40.7 Å². The van der Waals surface area contributed by atoms with Crippen molar-refractivity contribution in [2.24, 2.45) is 5.16 Å². The molecule has 0 saturated carbocycles. The van der Waals surface area contributed by atoms with Crippen LogP contribution in [0.5, 0.6) is 5.75 Å². The molecule has 1 aromatic heterocycles. The summed E-state index contributed by atoms with van der Waals surface area (Å²) in [5.74, 6) is 0.219. The van der Waals surface area contributed by atoms with Gasteiger partial charge in [-0.2, -0.15) is 5.10 Å². The molecule has 0 spiro atoms. The van der Waals surface area contributed by atoms with Crippen LogP contribution in [0.3, 0.4) is 0 Å². The van der Waals surface area contributed by atoms with Crippen molar-refractivity contribution < 1.29 is 14.4 Å². The molecular formula is C17H19ClN4O3. The predicted molar refractivity (Wildman–Crippen MR) is 95.3 cm³/mol. The van der Waals surface area contributed by atoms with Gasteiger partial charge >= 0.3 is 0 Å². The molecule has 25 heavy (non-hydrogen) atoms. The molecular weight excluding hydrogens is 344 g/mol. The predicted octanol–water partition coefficient (Wildman–Crippen LogP) is 3.01. The van der Waals surface area contributed by atoms with Gasteiger partial charge in [0.15, 0.2) is 0 Å². The van der Waals surface area contributed by atoms with Crippen molar-refractivity contribution in [1.29, 1.82) is 0 Å². The molecule has 7 nitrogen and oxygen atoms in total. The van der Waals surface area contributed by atoms with Crippen LogP contribution < -0.4 is 10.1 Å². The maximum atomic E-state index is 12.5. The van der Waals surface area contributed by atoms with Gasteiger partial charge in [0.1, 0.15) is 5.75 Å². The SMILES string of the molecule is CCn1ncc(C2=NO[C@H](C(=O)Nc3cc(Cl)ccc3OC)C2)c1C. The van der Waals surface area contributed by atoms with E-state index < -0.39 is 6.10 Å². The van der Waals surface area contributed by atoms with Crippen LogP contribution in [0, 0.1) is 6.92 Å². The lowest BCUT2D eigenvalue weighted by molar-refractivity contribution is -0.125. The Kier molecular flexibility index (Phi) is 4.94. The fraction of sp³-hybridized carbons (Fsp3) is 0.353. The summed E-state index contributed by atoms with van der Waals surface area (Å²) >= 11 is 5.98. The molecule has 2 aromatic rings. The van der Waals surface area contributed by atoms with E-state index in [1.54, 1.807) is 24.4 Å². The molecule has 1 aromatic carbocycles. The van der Waals surface area contributed by atoms with Crippen molar-refractivity contribution in [3.63, 3.8) is 0 Å². The number of ether oxygens (including phenoxy) is 1. The van der Waals surface area contributed by atoms with Gasteiger partial charge in [-0.25, -0.2) is 0 Å². The largest absolute Gasteiger partial charge is 0.495 e. The molecule has 1 amide bonds. The minimum atomic E-state index is -0.705. The number of carbonyl (C=O) groups is 1. The molecule has 1 aliphatic heterocycles. The second-order valence-corrected chi connectivity index (χ2v) is 6.07. The van der Waals surface area contributed by atoms with Crippen LogP contribution in [-0.4, -0.2) is 34.6 Å². The molecule has 0 unspecified atom stereocenters. The first-order valence-corrected chi connectivity index (χ1v) is 8.31. The molecule has 0 aliphatic carbocycles. The van der Waals surface area contributed by atoms with Crippen LogP contribution in [0.4, 0.5) is 5.69 Å². The van der Waals surface area contributed by atoms with Gasteiger partial charge in [-0.3, -0.25) is 9.48 Å². The quantitative estimate of drug-likeness (QED) is 0.886. The molecule has 132 valence electrons. The van der Waals surface area contributed by atoms with E-state index in [1.807, 2.05) is 18.5 Å². The minimum absolute atomic E-state index is 0.306. The Morgan fingerprint density at radius 1 is 1.52 bits per heavy atom. The highest BCUT2D eigenvalue weighted by atomic mass is 35.5. The number of hydrogen-bond donors (Lipinski definition) is 1.